The molecule has 0 aliphatic carbocycles. The molecule has 1 fully saturated rings. The van der Waals surface area contributed by atoms with E-state index >= 15 is 0 Å². The van der Waals surface area contributed by atoms with Crippen molar-refractivity contribution in [1.82, 2.24) is 9.62 Å². The first-order valence-electron chi connectivity index (χ1n) is 8.50. The Balaban J connectivity index is 1.76. The minimum Gasteiger partial charge on any atom is -0.351 e. The summed E-state index contributed by atoms with van der Waals surface area (Å²) in [5.41, 5.74) is 2.03. The molecule has 1 heterocycles. The molecule has 26 heavy (non-hydrogen) atoms. The van der Waals surface area contributed by atoms with E-state index in [1.807, 2.05) is 31.2 Å². The fraction of sp³-hybridized carbons (Fsp3) is 0.316. The van der Waals surface area contributed by atoms with Crippen LogP contribution >= 0.6 is 0 Å². The van der Waals surface area contributed by atoms with Crippen LogP contribution < -0.4 is 5.32 Å². The number of benzene rings is 2. The molecular formula is C19H21FN2O3S. The first kappa shape index (κ1) is 18.5. The van der Waals surface area contributed by atoms with Gasteiger partial charge in [-0.1, -0.05) is 36.4 Å². The number of sulfonamides is 1. The smallest absolute Gasteiger partial charge is 0.246 e. The van der Waals surface area contributed by atoms with Crippen LogP contribution in [0.4, 0.5) is 4.39 Å². The number of hydrogen-bond acceptors (Lipinski definition) is 3. The quantitative estimate of drug-likeness (QED) is 0.872. The van der Waals surface area contributed by atoms with Crippen LogP contribution in [0.3, 0.4) is 0 Å². The molecule has 1 saturated heterocycles. The summed E-state index contributed by atoms with van der Waals surface area (Å²) < 4.78 is 40.7. The largest absolute Gasteiger partial charge is 0.351 e. The molecule has 1 unspecified atom stereocenters. The molecule has 7 heteroatoms. The maximum absolute atomic E-state index is 14.0. The van der Waals surface area contributed by atoms with Gasteiger partial charge in [0.25, 0.3) is 0 Å². The molecule has 1 aliphatic heterocycles. The molecule has 2 aromatic rings. The Labute approximate surface area is 152 Å². The van der Waals surface area contributed by atoms with Gasteiger partial charge in [-0.05, 0) is 43.0 Å². The summed E-state index contributed by atoms with van der Waals surface area (Å²) in [7, 11) is -4.06. The maximum atomic E-state index is 14.0. The van der Waals surface area contributed by atoms with E-state index in [4.69, 9.17) is 0 Å². The van der Waals surface area contributed by atoms with Crippen molar-refractivity contribution in [2.24, 2.45) is 0 Å². The van der Waals surface area contributed by atoms with Gasteiger partial charge in [0.2, 0.25) is 15.9 Å². The molecule has 0 spiro atoms. The van der Waals surface area contributed by atoms with Crippen molar-refractivity contribution >= 4 is 15.9 Å². The van der Waals surface area contributed by atoms with Crippen LogP contribution in [0.2, 0.25) is 0 Å². The van der Waals surface area contributed by atoms with Crippen LogP contribution in [0.15, 0.2) is 53.4 Å². The zero-order valence-corrected chi connectivity index (χ0v) is 15.3. The molecule has 0 bridgehead atoms. The summed E-state index contributed by atoms with van der Waals surface area (Å²) in [5.74, 6) is -1.16. The molecule has 1 N–H and O–H groups in total. The minimum absolute atomic E-state index is 0.207. The van der Waals surface area contributed by atoms with Crippen molar-refractivity contribution in [3.05, 3.63) is 65.5 Å². The van der Waals surface area contributed by atoms with E-state index in [2.05, 4.69) is 5.32 Å². The van der Waals surface area contributed by atoms with E-state index in [-0.39, 0.29) is 12.5 Å². The van der Waals surface area contributed by atoms with Crippen LogP contribution in [0.5, 0.6) is 0 Å². The van der Waals surface area contributed by atoms with Gasteiger partial charge in [0.1, 0.15) is 16.8 Å². The van der Waals surface area contributed by atoms with E-state index in [9.17, 15) is 17.6 Å². The van der Waals surface area contributed by atoms with Crippen molar-refractivity contribution in [3.8, 4) is 0 Å². The fourth-order valence-electron chi connectivity index (χ4n) is 3.18. The van der Waals surface area contributed by atoms with E-state index in [0.717, 1.165) is 21.5 Å². The second-order valence-corrected chi connectivity index (χ2v) is 8.21. The van der Waals surface area contributed by atoms with Crippen molar-refractivity contribution in [2.45, 2.75) is 37.2 Å². The zero-order chi connectivity index (χ0) is 18.7. The Hall–Kier alpha value is -2.25. The van der Waals surface area contributed by atoms with E-state index < -0.39 is 26.8 Å². The van der Waals surface area contributed by atoms with Crippen LogP contribution in [0, 0.1) is 12.7 Å². The Morgan fingerprint density at radius 2 is 1.88 bits per heavy atom. The number of aryl methyl sites for hydroxylation is 1. The highest BCUT2D eigenvalue weighted by Gasteiger charge is 2.40. The topological polar surface area (TPSA) is 66.5 Å². The molecule has 0 aromatic heterocycles. The van der Waals surface area contributed by atoms with Crippen LogP contribution in [-0.4, -0.2) is 31.2 Å². The normalized spacial score (nSPS) is 18.0. The predicted molar refractivity (Wildman–Crippen MR) is 96.3 cm³/mol. The minimum atomic E-state index is -4.06. The van der Waals surface area contributed by atoms with Crippen LogP contribution in [0.25, 0.3) is 0 Å². The highest BCUT2D eigenvalue weighted by Crippen LogP contribution is 2.27. The van der Waals surface area contributed by atoms with Gasteiger partial charge < -0.3 is 5.32 Å². The zero-order valence-electron chi connectivity index (χ0n) is 14.5. The van der Waals surface area contributed by atoms with Gasteiger partial charge >= 0.3 is 0 Å². The third-order valence-electron chi connectivity index (χ3n) is 4.64. The standard InChI is InChI=1S/C19H21FN2O3S/c1-14-7-2-3-8-15(14)13-21-19(23)17-10-6-12-22(17)26(24,25)18-11-5-4-9-16(18)20/h2-5,7-9,11,17H,6,10,12-13H2,1H3,(H,21,23). The molecule has 1 atom stereocenters. The third-order valence-corrected chi connectivity index (χ3v) is 6.59. The second kappa shape index (κ2) is 7.55. The van der Waals surface area contributed by atoms with Gasteiger partial charge in [-0.15, -0.1) is 0 Å². The Bertz CT molecular complexity index is 915. The Kier molecular flexibility index (Phi) is 5.38. The van der Waals surface area contributed by atoms with Gasteiger partial charge in [0.05, 0.1) is 0 Å². The Morgan fingerprint density at radius 1 is 1.19 bits per heavy atom. The average molecular weight is 376 g/mol. The summed E-state index contributed by atoms with van der Waals surface area (Å²) in [6.45, 7) is 2.49. The van der Waals surface area contributed by atoms with Gasteiger partial charge in [-0.25, -0.2) is 12.8 Å². The molecule has 3 rings (SSSR count). The highest BCUT2D eigenvalue weighted by molar-refractivity contribution is 7.89. The SMILES string of the molecule is Cc1ccccc1CNC(=O)C1CCCN1S(=O)(=O)c1ccccc1F. The number of amides is 1. The molecule has 2 aromatic carbocycles. The number of hydrogen-bond donors (Lipinski definition) is 1. The lowest BCUT2D eigenvalue weighted by atomic mass is 10.1. The van der Waals surface area contributed by atoms with Crippen molar-refractivity contribution in [1.29, 1.82) is 0 Å². The summed E-state index contributed by atoms with van der Waals surface area (Å²) in [6.07, 6.45) is 0.990. The first-order chi connectivity index (χ1) is 12.4. The summed E-state index contributed by atoms with van der Waals surface area (Å²) in [6, 6.07) is 12.1. The van der Waals surface area contributed by atoms with E-state index in [0.29, 0.717) is 19.4 Å². The van der Waals surface area contributed by atoms with E-state index in [1.165, 1.54) is 18.2 Å². The fourth-order valence-corrected chi connectivity index (χ4v) is 4.90. The molecule has 0 saturated carbocycles. The van der Waals surface area contributed by atoms with Crippen LogP contribution in [-0.2, 0) is 21.4 Å². The van der Waals surface area contributed by atoms with Crippen molar-refractivity contribution < 1.29 is 17.6 Å². The third kappa shape index (κ3) is 3.64. The molecular weight excluding hydrogens is 355 g/mol. The molecule has 138 valence electrons. The van der Waals surface area contributed by atoms with Gasteiger partial charge in [-0.3, -0.25) is 4.79 Å². The lowest BCUT2D eigenvalue weighted by Gasteiger charge is -2.23. The van der Waals surface area contributed by atoms with Crippen molar-refractivity contribution in [2.75, 3.05) is 6.54 Å². The lowest BCUT2D eigenvalue weighted by Crippen LogP contribution is -2.45. The highest BCUT2D eigenvalue weighted by atomic mass is 32.2. The lowest BCUT2D eigenvalue weighted by molar-refractivity contribution is -0.124. The van der Waals surface area contributed by atoms with Gasteiger partial charge in [0.15, 0.2) is 0 Å². The predicted octanol–water partition coefficient (Wildman–Crippen LogP) is 2.60. The summed E-state index contributed by atoms with van der Waals surface area (Å²) in [5, 5.41) is 2.81. The number of carbonyl (C=O) groups is 1. The summed E-state index contributed by atoms with van der Waals surface area (Å²) in [4.78, 5) is 12.2. The first-order valence-corrected chi connectivity index (χ1v) is 9.94. The number of nitrogens with one attached hydrogen (secondary N) is 1. The molecule has 1 aliphatic rings. The van der Waals surface area contributed by atoms with Gasteiger partial charge in [-0.2, -0.15) is 4.31 Å². The molecule has 5 nitrogen and oxygen atoms in total. The summed E-state index contributed by atoms with van der Waals surface area (Å²) >= 11 is 0. The van der Waals surface area contributed by atoms with Crippen LogP contribution in [0.1, 0.15) is 24.0 Å². The number of halogens is 1. The maximum Gasteiger partial charge on any atom is 0.246 e. The van der Waals surface area contributed by atoms with E-state index in [1.54, 1.807) is 0 Å². The van der Waals surface area contributed by atoms with Gasteiger partial charge in [0, 0.05) is 13.1 Å². The molecule has 1 amide bonds. The monoisotopic (exact) mass is 376 g/mol. The Morgan fingerprint density at radius 3 is 2.62 bits per heavy atom. The van der Waals surface area contributed by atoms with Crippen molar-refractivity contribution in [3.63, 3.8) is 0 Å². The number of carbonyl (C=O) groups excluding carboxylic acids is 1. The number of rotatable bonds is 5. The molecule has 0 radical (unpaired) electrons. The second-order valence-electron chi connectivity index (χ2n) is 6.35. The number of nitrogens with zero attached hydrogens (tertiary/aromatic N) is 1. The average Bonchev–Trinajstić information content (AvgIpc) is 3.12.